The van der Waals surface area contributed by atoms with E-state index >= 15 is 0 Å². The Morgan fingerprint density at radius 2 is 1.24 bits per heavy atom. The van der Waals surface area contributed by atoms with Crippen LogP contribution in [0, 0.1) is 35.1 Å². The van der Waals surface area contributed by atoms with E-state index in [1.807, 2.05) is 0 Å². The fraction of sp³-hybridized carbons (Fsp3) is 0.462. The van der Waals surface area contributed by atoms with E-state index in [0.29, 0.717) is 19.2 Å². The summed E-state index contributed by atoms with van der Waals surface area (Å²) in [5.74, 6) is -3.92. The SMILES string of the molecule is CC(C)(C)OC(=O)N1CC(C(O)c2cc(F)cc(F)c2)C1.O=C(O)N1CC(C(F)c2cc(F)cc(F)c2)C1. The Balaban J connectivity index is 0.000000215. The number of hydrogen-bond donors (Lipinski definition) is 2. The first-order valence-corrected chi connectivity index (χ1v) is 11.8. The molecular weight excluding hydrogens is 515 g/mol. The van der Waals surface area contributed by atoms with E-state index in [-0.39, 0.29) is 30.1 Å². The van der Waals surface area contributed by atoms with E-state index in [2.05, 4.69) is 0 Å². The van der Waals surface area contributed by atoms with Gasteiger partial charge in [-0.2, -0.15) is 0 Å². The highest BCUT2D eigenvalue weighted by Gasteiger charge is 2.39. The van der Waals surface area contributed by atoms with Crippen molar-refractivity contribution < 1.29 is 46.5 Å². The van der Waals surface area contributed by atoms with E-state index in [4.69, 9.17) is 9.84 Å². The minimum Gasteiger partial charge on any atom is -0.465 e. The lowest BCUT2D eigenvalue weighted by Gasteiger charge is -2.42. The minimum absolute atomic E-state index is 0.0502. The molecule has 0 aliphatic carbocycles. The van der Waals surface area contributed by atoms with Crippen LogP contribution in [-0.2, 0) is 4.74 Å². The van der Waals surface area contributed by atoms with Crippen LogP contribution < -0.4 is 0 Å². The molecule has 4 rings (SSSR count). The smallest absolute Gasteiger partial charge is 0.410 e. The van der Waals surface area contributed by atoms with Crippen LogP contribution in [0.2, 0.25) is 0 Å². The van der Waals surface area contributed by atoms with Crippen molar-refractivity contribution in [1.29, 1.82) is 0 Å². The third-order valence-corrected chi connectivity index (χ3v) is 6.03. The summed E-state index contributed by atoms with van der Waals surface area (Å²) >= 11 is 0. The number of carboxylic acid groups (broad SMARTS) is 1. The van der Waals surface area contributed by atoms with Crippen molar-refractivity contribution in [2.45, 2.75) is 38.6 Å². The van der Waals surface area contributed by atoms with Crippen molar-refractivity contribution in [2.24, 2.45) is 11.8 Å². The molecule has 0 spiro atoms. The molecule has 2 aliphatic heterocycles. The molecule has 7 nitrogen and oxygen atoms in total. The fourth-order valence-corrected chi connectivity index (χ4v) is 4.07. The fourth-order valence-electron chi connectivity index (χ4n) is 4.07. The third-order valence-electron chi connectivity index (χ3n) is 6.03. The lowest BCUT2D eigenvalue weighted by molar-refractivity contribution is -0.0316. The number of ether oxygens (including phenoxy) is 1. The zero-order valence-corrected chi connectivity index (χ0v) is 21.0. The second-order valence-corrected chi connectivity index (χ2v) is 10.3. The Labute approximate surface area is 216 Å². The summed E-state index contributed by atoms with van der Waals surface area (Å²) in [6.45, 7) is 6.01. The van der Waals surface area contributed by atoms with Crippen LogP contribution in [0.25, 0.3) is 0 Å². The molecule has 2 unspecified atom stereocenters. The van der Waals surface area contributed by atoms with Crippen molar-refractivity contribution in [3.8, 4) is 0 Å². The van der Waals surface area contributed by atoms with E-state index < -0.39 is 59.2 Å². The zero-order valence-electron chi connectivity index (χ0n) is 21.0. The summed E-state index contributed by atoms with van der Waals surface area (Å²) < 4.78 is 71.0. The Hall–Kier alpha value is -3.41. The second kappa shape index (κ2) is 11.5. The average Bonchev–Trinajstić information content (AvgIpc) is 2.68. The van der Waals surface area contributed by atoms with Crippen LogP contribution >= 0.6 is 0 Å². The van der Waals surface area contributed by atoms with E-state index in [1.54, 1.807) is 20.8 Å². The van der Waals surface area contributed by atoms with Gasteiger partial charge in [0.25, 0.3) is 0 Å². The predicted molar refractivity (Wildman–Crippen MR) is 126 cm³/mol. The van der Waals surface area contributed by atoms with Crippen LogP contribution in [0.15, 0.2) is 36.4 Å². The lowest BCUT2D eigenvalue weighted by atomic mass is 9.89. The van der Waals surface area contributed by atoms with Gasteiger partial charge in [0.05, 0.1) is 6.10 Å². The van der Waals surface area contributed by atoms with E-state index in [9.17, 15) is 36.6 Å². The number of benzene rings is 2. The molecule has 12 heteroatoms. The van der Waals surface area contributed by atoms with E-state index in [1.165, 1.54) is 4.90 Å². The predicted octanol–water partition coefficient (Wildman–Crippen LogP) is 5.45. The molecule has 0 aromatic heterocycles. The standard InChI is InChI=1S/C15H19F2NO3.C11H10F3NO2/c1-15(2,3)21-14(20)18-7-10(8-18)13(19)9-4-11(16)6-12(17)5-9;12-8-1-6(2-9(13)3-8)10(14)7-4-15(5-7)11(16)17/h4-6,10,13,19H,7-8H2,1-3H3;1-3,7,10H,4-5H2,(H,16,17). The molecule has 2 fully saturated rings. The maximum atomic E-state index is 13.8. The lowest BCUT2D eigenvalue weighted by Crippen LogP contribution is -2.53. The number of aliphatic hydroxyl groups excluding tert-OH is 1. The van der Waals surface area contributed by atoms with Gasteiger partial charge >= 0.3 is 12.2 Å². The Kier molecular flexibility index (Phi) is 8.86. The second-order valence-electron chi connectivity index (χ2n) is 10.3. The molecule has 2 N–H and O–H groups in total. The highest BCUT2D eigenvalue weighted by Crippen LogP contribution is 2.34. The van der Waals surface area contributed by atoms with Crippen molar-refractivity contribution in [3.63, 3.8) is 0 Å². The van der Waals surface area contributed by atoms with Crippen LogP contribution in [0.4, 0.5) is 31.5 Å². The molecule has 2 saturated heterocycles. The summed E-state index contributed by atoms with van der Waals surface area (Å²) in [4.78, 5) is 24.7. The number of halogens is 5. The molecule has 208 valence electrons. The maximum Gasteiger partial charge on any atom is 0.410 e. The van der Waals surface area contributed by atoms with Gasteiger partial charge in [-0.15, -0.1) is 0 Å². The molecule has 2 atom stereocenters. The van der Waals surface area contributed by atoms with Crippen molar-refractivity contribution in [1.82, 2.24) is 9.80 Å². The van der Waals surface area contributed by atoms with Gasteiger partial charge in [0, 0.05) is 50.1 Å². The summed E-state index contributed by atoms with van der Waals surface area (Å²) in [5.41, 5.74) is -0.481. The van der Waals surface area contributed by atoms with Crippen LogP contribution in [-0.4, -0.2) is 64.0 Å². The molecular formula is C26H29F5N2O5. The van der Waals surface area contributed by atoms with Crippen LogP contribution in [0.1, 0.15) is 44.2 Å². The number of nitrogens with zero attached hydrogens (tertiary/aromatic N) is 2. The number of rotatable bonds is 4. The number of carbonyl (C=O) groups is 2. The summed E-state index contributed by atoms with van der Waals surface area (Å²) in [7, 11) is 0. The quantitative estimate of drug-likeness (QED) is 0.500. The van der Waals surface area contributed by atoms with Gasteiger partial charge in [-0.1, -0.05) is 0 Å². The molecule has 2 aromatic rings. The zero-order chi connectivity index (χ0) is 28.4. The number of hydrogen-bond acceptors (Lipinski definition) is 4. The largest absolute Gasteiger partial charge is 0.465 e. The van der Waals surface area contributed by atoms with Gasteiger partial charge in [-0.3, -0.25) is 0 Å². The average molecular weight is 545 g/mol. The number of carbonyl (C=O) groups excluding carboxylic acids is 1. The Bertz CT molecular complexity index is 1120. The van der Waals surface area contributed by atoms with Gasteiger partial charge < -0.3 is 24.7 Å². The van der Waals surface area contributed by atoms with Gasteiger partial charge in [0.2, 0.25) is 0 Å². The first-order valence-electron chi connectivity index (χ1n) is 11.8. The molecule has 38 heavy (non-hydrogen) atoms. The molecule has 2 aromatic carbocycles. The first-order chi connectivity index (χ1) is 17.6. The Morgan fingerprint density at radius 1 is 0.816 bits per heavy atom. The molecule has 2 amide bonds. The van der Waals surface area contributed by atoms with Gasteiger partial charge in [0.15, 0.2) is 0 Å². The van der Waals surface area contributed by atoms with Crippen molar-refractivity contribution in [2.75, 3.05) is 26.2 Å². The van der Waals surface area contributed by atoms with Gasteiger partial charge in [0.1, 0.15) is 35.0 Å². The summed E-state index contributed by atoms with van der Waals surface area (Å²) in [6, 6.07) is 5.48. The first kappa shape index (κ1) is 29.2. The Morgan fingerprint density at radius 3 is 1.66 bits per heavy atom. The molecule has 2 heterocycles. The normalized spacial score (nSPS) is 17.5. The monoisotopic (exact) mass is 544 g/mol. The van der Waals surface area contributed by atoms with Crippen LogP contribution in [0.3, 0.4) is 0 Å². The number of likely N-dealkylation sites (tertiary alicyclic amines) is 2. The van der Waals surface area contributed by atoms with E-state index in [0.717, 1.165) is 35.2 Å². The minimum atomic E-state index is -1.55. The summed E-state index contributed by atoms with van der Waals surface area (Å²) in [5, 5.41) is 18.7. The molecule has 2 aliphatic rings. The van der Waals surface area contributed by atoms with Gasteiger partial charge in [-0.25, -0.2) is 31.5 Å². The highest BCUT2D eigenvalue weighted by molar-refractivity contribution is 5.69. The van der Waals surface area contributed by atoms with Crippen LogP contribution in [0.5, 0.6) is 0 Å². The number of amides is 2. The molecule has 0 bridgehead atoms. The highest BCUT2D eigenvalue weighted by atomic mass is 19.1. The topological polar surface area (TPSA) is 90.3 Å². The molecule has 0 radical (unpaired) electrons. The number of alkyl halides is 1. The number of aliphatic hydroxyl groups is 1. The van der Waals surface area contributed by atoms with Crippen molar-refractivity contribution in [3.05, 3.63) is 70.8 Å². The molecule has 0 saturated carbocycles. The third kappa shape index (κ3) is 7.56. The van der Waals surface area contributed by atoms with Gasteiger partial charge in [-0.05, 0) is 56.2 Å². The van der Waals surface area contributed by atoms with Crippen molar-refractivity contribution >= 4 is 12.2 Å². The maximum absolute atomic E-state index is 13.8. The summed E-state index contributed by atoms with van der Waals surface area (Å²) in [6.07, 6.45) is -4.11.